The first-order chi connectivity index (χ1) is 9.63. The van der Waals surface area contributed by atoms with E-state index in [2.05, 4.69) is 5.32 Å². The van der Waals surface area contributed by atoms with Gasteiger partial charge in [0.1, 0.15) is 0 Å². The average molecular weight is 292 g/mol. The second-order valence-corrected chi connectivity index (χ2v) is 5.04. The van der Waals surface area contributed by atoms with Gasteiger partial charge in [-0.2, -0.15) is 0 Å². The SMILES string of the molecule is CCOc1cc(Nc2cccc(SC)c2)c(N)cc1F. The summed E-state index contributed by atoms with van der Waals surface area (Å²) in [5, 5.41) is 3.19. The van der Waals surface area contributed by atoms with Gasteiger partial charge in [-0.25, -0.2) is 4.39 Å². The van der Waals surface area contributed by atoms with E-state index in [0.717, 1.165) is 10.6 Å². The van der Waals surface area contributed by atoms with E-state index in [4.69, 9.17) is 10.5 Å². The van der Waals surface area contributed by atoms with Crippen LogP contribution in [0.25, 0.3) is 0 Å². The molecule has 2 aromatic carbocycles. The monoisotopic (exact) mass is 292 g/mol. The molecule has 0 heterocycles. The van der Waals surface area contributed by atoms with Gasteiger partial charge in [0.25, 0.3) is 0 Å². The fourth-order valence-corrected chi connectivity index (χ4v) is 2.26. The molecular weight excluding hydrogens is 275 g/mol. The number of ether oxygens (including phenoxy) is 1. The maximum absolute atomic E-state index is 13.6. The molecule has 3 nitrogen and oxygen atoms in total. The minimum Gasteiger partial charge on any atom is -0.491 e. The van der Waals surface area contributed by atoms with Gasteiger partial charge in [0.15, 0.2) is 11.6 Å². The molecule has 2 aromatic rings. The van der Waals surface area contributed by atoms with E-state index in [1.165, 1.54) is 6.07 Å². The smallest absolute Gasteiger partial charge is 0.167 e. The highest BCUT2D eigenvalue weighted by atomic mass is 32.2. The number of benzene rings is 2. The van der Waals surface area contributed by atoms with Crippen molar-refractivity contribution in [1.82, 2.24) is 0 Å². The van der Waals surface area contributed by atoms with E-state index in [0.29, 0.717) is 18.0 Å². The summed E-state index contributed by atoms with van der Waals surface area (Å²) < 4.78 is 18.9. The van der Waals surface area contributed by atoms with Crippen molar-refractivity contribution in [1.29, 1.82) is 0 Å². The van der Waals surface area contributed by atoms with Gasteiger partial charge in [0.2, 0.25) is 0 Å². The topological polar surface area (TPSA) is 47.3 Å². The fourth-order valence-electron chi connectivity index (χ4n) is 1.80. The first kappa shape index (κ1) is 14.5. The Kier molecular flexibility index (Phi) is 4.74. The number of hydrogen-bond donors (Lipinski definition) is 2. The molecule has 0 spiro atoms. The number of nitrogen functional groups attached to an aromatic ring is 1. The lowest BCUT2D eigenvalue weighted by Gasteiger charge is -2.13. The van der Waals surface area contributed by atoms with E-state index >= 15 is 0 Å². The largest absolute Gasteiger partial charge is 0.491 e. The van der Waals surface area contributed by atoms with Gasteiger partial charge in [-0.3, -0.25) is 0 Å². The molecule has 0 bridgehead atoms. The molecule has 0 aliphatic carbocycles. The van der Waals surface area contributed by atoms with Crippen LogP contribution in [0.15, 0.2) is 41.3 Å². The Morgan fingerprint density at radius 1 is 1.30 bits per heavy atom. The minimum absolute atomic E-state index is 0.199. The van der Waals surface area contributed by atoms with Crippen molar-refractivity contribution in [3.05, 3.63) is 42.2 Å². The van der Waals surface area contributed by atoms with Crippen LogP contribution in [-0.2, 0) is 0 Å². The number of thioether (sulfide) groups is 1. The van der Waals surface area contributed by atoms with Gasteiger partial charge in [-0.15, -0.1) is 11.8 Å². The molecule has 0 saturated carbocycles. The Hall–Kier alpha value is -1.88. The molecule has 0 saturated heterocycles. The first-order valence-electron chi connectivity index (χ1n) is 6.27. The van der Waals surface area contributed by atoms with Gasteiger partial charge in [-0.1, -0.05) is 6.07 Å². The zero-order valence-electron chi connectivity index (χ0n) is 11.4. The standard InChI is InChI=1S/C15H17FN2OS/c1-3-19-15-9-14(13(17)8-12(15)16)18-10-5-4-6-11(7-10)20-2/h4-9,18H,3,17H2,1-2H3. The molecule has 0 aromatic heterocycles. The number of halogens is 1. The summed E-state index contributed by atoms with van der Waals surface area (Å²) in [4.78, 5) is 1.14. The van der Waals surface area contributed by atoms with Crippen molar-refractivity contribution < 1.29 is 9.13 Å². The molecule has 0 fully saturated rings. The molecule has 3 N–H and O–H groups in total. The third-order valence-electron chi connectivity index (χ3n) is 2.75. The number of nitrogens with one attached hydrogen (secondary N) is 1. The van der Waals surface area contributed by atoms with Crippen molar-refractivity contribution in [2.45, 2.75) is 11.8 Å². The van der Waals surface area contributed by atoms with Gasteiger partial charge in [-0.05, 0) is 31.4 Å². The van der Waals surface area contributed by atoms with Gasteiger partial charge in [0.05, 0.1) is 18.0 Å². The third-order valence-corrected chi connectivity index (χ3v) is 3.48. The molecule has 0 radical (unpaired) electrons. The van der Waals surface area contributed by atoms with E-state index in [-0.39, 0.29) is 5.75 Å². The minimum atomic E-state index is -0.451. The lowest BCUT2D eigenvalue weighted by molar-refractivity contribution is 0.322. The lowest BCUT2D eigenvalue weighted by Crippen LogP contribution is -2.01. The van der Waals surface area contributed by atoms with Crippen LogP contribution < -0.4 is 15.8 Å². The van der Waals surface area contributed by atoms with Crippen LogP contribution in [0.5, 0.6) is 5.75 Å². The Morgan fingerprint density at radius 3 is 2.80 bits per heavy atom. The van der Waals surface area contributed by atoms with E-state index in [1.54, 1.807) is 17.8 Å². The predicted octanol–water partition coefficient (Wildman–Crippen LogP) is 4.27. The summed E-state index contributed by atoms with van der Waals surface area (Å²) in [6, 6.07) is 10.8. The third kappa shape index (κ3) is 3.36. The number of nitrogens with two attached hydrogens (primary N) is 1. The van der Waals surface area contributed by atoms with Crippen molar-refractivity contribution in [3.63, 3.8) is 0 Å². The highest BCUT2D eigenvalue weighted by molar-refractivity contribution is 7.98. The summed E-state index contributed by atoms with van der Waals surface area (Å²) >= 11 is 1.66. The average Bonchev–Trinajstić information content (AvgIpc) is 2.44. The fraction of sp³-hybridized carbons (Fsp3) is 0.200. The summed E-state index contributed by atoms with van der Waals surface area (Å²) in [6.45, 7) is 2.22. The second-order valence-electron chi connectivity index (χ2n) is 4.16. The van der Waals surface area contributed by atoms with E-state index in [9.17, 15) is 4.39 Å². The summed E-state index contributed by atoms with van der Waals surface area (Å²) in [5.41, 5.74) is 7.72. The number of hydrogen-bond acceptors (Lipinski definition) is 4. The molecule has 0 unspecified atom stereocenters. The summed E-state index contributed by atoms with van der Waals surface area (Å²) in [5.74, 6) is -0.252. The second kappa shape index (κ2) is 6.52. The maximum atomic E-state index is 13.6. The summed E-state index contributed by atoms with van der Waals surface area (Å²) in [6.07, 6.45) is 2.01. The maximum Gasteiger partial charge on any atom is 0.167 e. The molecular formula is C15H17FN2OS. The Bertz CT molecular complexity index is 604. The highest BCUT2D eigenvalue weighted by Gasteiger charge is 2.09. The highest BCUT2D eigenvalue weighted by Crippen LogP contribution is 2.31. The molecule has 5 heteroatoms. The van der Waals surface area contributed by atoms with Crippen LogP contribution in [0, 0.1) is 5.82 Å². The Balaban J connectivity index is 2.30. The van der Waals surface area contributed by atoms with Gasteiger partial charge >= 0.3 is 0 Å². The van der Waals surface area contributed by atoms with Crippen LogP contribution in [0.4, 0.5) is 21.5 Å². The van der Waals surface area contributed by atoms with Crippen LogP contribution in [0.3, 0.4) is 0 Å². The van der Waals surface area contributed by atoms with Crippen molar-refractivity contribution in [2.75, 3.05) is 23.9 Å². The van der Waals surface area contributed by atoms with Crippen LogP contribution in [0.2, 0.25) is 0 Å². The van der Waals surface area contributed by atoms with Gasteiger partial charge < -0.3 is 15.8 Å². The Labute approximate surface area is 122 Å². The van der Waals surface area contributed by atoms with E-state index < -0.39 is 5.82 Å². The molecule has 106 valence electrons. The summed E-state index contributed by atoms with van der Waals surface area (Å²) in [7, 11) is 0. The predicted molar refractivity (Wildman–Crippen MR) is 83.5 cm³/mol. The Morgan fingerprint density at radius 2 is 2.10 bits per heavy atom. The van der Waals surface area contributed by atoms with Crippen molar-refractivity contribution in [3.8, 4) is 5.75 Å². The molecule has 0 aliphatic heterocycles. The molecule has 0 amide bonds. The van der Waals surface area contributed by atoms with Crippen LogP contribution in [0.1, 0.15) is 6.92 Å². The molecule has 20 heavy (non-hydrogen) atoms. The van der Waals surface area contributed by atoms with Crippen molar-refractivity contribution >= 4 is 28.8 Å². The lowest BCUT2D eigenvalue weighted by atomic mass is 10.2. The van der Waals surface area contributed by atoms with Crippen LogP contribution in [-0.4, -0.2) is 12.9 Å². The number of anilines is 3. The van der Waals surface area contributed by atoms with Crippen LogP contribution >= 0.6 is 11.8 Å². The normalized spacial score (nSPS) is 10.3. The zero-order chi connectivity index (χ0) is 14.5. The van der Waals surface area contributed by atoms with Crippen molar-refractivity contribution in [2.24, 2.45) is 0 Å². The van der Waals surface area contributed by atoms with E-state index in [1.807, 2.05) is 37.4 Å². The molecule has 2 rings (SSSR count). The number of rotatable bonds is 5. The van der Waals surface area contributed by atoms with Gasteiger partial charge in [0, 0.05) is 22.7 Å². The molecule has 0 atom stereocenters. The zero-order valence-corrected chi connectivity index (χ0v) is 12.3. The molecule has 0 aliphatic rings. The first-order valence-corrected chi connectivity index (χ1v) is 7.49. The quantitative estimate of drug-likeness (QED) is 0.638.